The Morgan fingerprint density at radius 1 is 1.28 bits per heavy atom. The minimum atomic E-state index is -4.31. The Bertz CT molecular complexity index is 1250. The number of nitrogens with zero attached hydrogens (tertiary/aromatic N) is 1. The number of hydrogen-bond donors (Lipinski definition) is 2. The number of alkyl halides is 2. The third kappa shape index (κ3) is 4.08. The van der Waals surface area contributed by atoms with Crippen LogP contribution in [0.3, 0.4) is 0 Å². The summed E-state index contributed by atoms with van der Waals surface area (Å²) in [5, 5.41) is 2.12. The second-order valence-corrected chi connectivity index (χ2v) is 7.86. The minimum absolute atomic E-state index is 0.0317. The number of rotatable bonds is 5. The molecule has 0 spiro atoms. The summed E-state index contributed by atoms with van der Waals surface area (Å²) >= 11 is 5.67. The summed E-state index contributed by atoms with van der Waals surface area (Å²) in [5.41, 5.74) is -0.0763. The molecule has 4 amide bonds. The Morgan fingerprint density at radius 3 is 2.69 bits per heavy atom. The second kappa shape index (κ2) is 8.31. The van der Waals surface area contributed by atoms with Crippen molar-refractivity contribution < 1.29 is 32.1 Å². The lowest BCUT2D eigenvalue weighted by molar-refractivity contribution is -0.147. The van der Waals surface area contributed by atoms with E-state index in [1.807, 2.05) is 0 Å². The van der Waals surface area contributed by atoms with E-state index >= 15 is 0 Å². The van der Waals surface area contributed by atoms with Crippen molar-refractivity contribution in [3.8, 4) is 0 Å². The molecule has 0 aliphatic carbocycles. The summed E-state index contributed by atoms with van der Waals surface area (Å²) < 4.78 is 52.9. The largest absolute Gasteiger partial charge is 0.349 e. The van der Waals surface area contributed by atoms with Crippen LogP contribution in [-0.4, -0.2) is 34.6 Å². The molecule has 10 heteroatoms. The van der Waals surface area contributed by atoms with Gasteiger partial charge in [0.05, 0.1) is 2.74 Å². The van der Waals surface area contributed by atoms with Crippen LogP contribution in [0.5, 0.6) is 0 Å². The van der Waals surface area contributed by atoms with E-state index < -0.39 is 59.8 Å². The molecular formula is C22H18ClF2N3O4. The molecule has 7 nitrogen and oxygen atoms in total. The zero-order chi connectivity index (χ0) is 25.7. The lowest BCUT2D eigenvalue weighted by Crippen LogP contribution is -2.52. The first-order valence-corrected chi connectivity index (χ1v) is 10.00. The predicted octanol–water partition coefficient (Wildman–Crippen LogP) is 2.51. The fourth-order valence-corrected chi connectivity index (χ4v) is 3.75. The predicted molar refractivity (Wildman–Crippen MR) is 110 cm³/mol. The molecule has 2 N–H and O–H groups in total. The fourth-order valence-electron chi connectivity index (χ4n) is 3.64. The zero-order valence-corrected chi connectivity index (χ0v) is 17.2. The van der Waals surface area contributed by atoms with Crippen LogP contribution in [-0.2, 0) is 33.4 Å². The van der Waals surface area contributed by atoms with Crippen molar-refractivity contribution in [1.82, 2.24) is 15.5 Å². The second-order valence-electron chi connectivity index (χ2n) is 7.42. The number of hydrogen-bond acceptors (Lipinski definition) is 4. The highest BCUT2D eigenvalue weighted by atomic mass is 35.5. The molecular weight excluding hydrogens is 444 g/mol. The lowest BCUT2D eigenvalue weighted by Gasteiger charge is -2.29. The van der Waals surface area contributed by atoms with Gasteiger partial charge in [0.25, 0.3) is 11.8 Å². The monoisotopic (exact) mass is 464 g/mol. The number of benzene rings is 2. The number of nitrogens with one attached hydrogen (secondary N) is 2. The van der Waals surface area contributed by atoms with Crippen LogP contribution in [0.15, 0.2) is 42.4 Å². The van der Waals surface area contributed by atoms with E-state index in [1.165, 1.54) is 23.1 Å². The molecule has 1 atom stereocenters. The number of halogens is 3. The smallest absolute Gasteiger partial charge is 0.346 e. The van der Waals surface area contributed by atoms with Crippen LogP contribution in [0.4, 0.5) is 8.78 Å². The van der Waals surface area contributed by atoms with Crippen LogP contribution >= 0.6 is 11.6 Å². The van der Waals surface area contributed by atoms with Gasteiger partial charge in [-0.3, -0.25) is 24.5 Å². The molecule has 1 saturated heterocycles. The van der Waals surface area contributed by atoms with Gasteiger partial charge < -0.3 is 10.2 Å². The Balaban J connectivity index is 1.51. The molecule has 2 aliphatic rings. The molecule has 0 bridgehead atoms. The highest BCUT2D eigenvalue weighted by Gasteiger charge is 2.41. The van der Waals surface area contributed by atoms with Gasteiger partial charge in [0.15, 0.2) is 1.41 Å². The van der Waals surface area contributed by atoms with Gasteiger partial charge >= 0.3 is 5.92 Å². The van der Waals surface area contributed by atoms with E-state index in [0.717, 1.165) is 12.1 Å². The SMILES string of the molecule is [2H]c1cc(Cl)cc([2H])c1C(F)(F)C(=O)N([2H])Cc1ccc2c(c1)CN(C1CCC(=O)NC1=O)C2=O. The van der Waals surface area contributed by atoms with Crippen molar-refractivity contribution in [3.05, 3.63) is 69.7 Å². The van der Waals surface area contributed by atoms with E-state index in [2.05, 4.69) is 5.32 Å². The Hall–Kier alpha value is -3.33. The average Bonchev–Trinajstić information content (AvgIpc) is 3.07. The molecule has 2 aliphatic heterocycles. The molecule has 2 aromatic carbocycles. The van der Waals surface area contributed by atoms with Crippen LogP contribution in [0.2, 0.25) is 6.43 Å². The van der Waals surface area contributed by atoms with Gasteiger partial charge in [-0.1, -0.05) is 35.8 Å². The first kappa shape index (κ1) is 18.3. The van der Waals surface area contributed by atoms with Gasteiger partial charge in [-0.05, 0) is 35.7 Å². The highest BCUT2D eigenvalue weighted by molar-refractivity contribution is 6.30. The number of fused-ring (bicyclic) bond motifs is 1. The number of imide groups is 1. The van der Waals surface area contributed by atoms with Gasteiger partial charge in [-0.25, -0.2) is 0 Å². The zero-order valence-electron chi connectivity index (χ0n) is 19.5. The number of carbonyl (C=O) groups is 4. The molecule has 2 aromatic rings. The highest BCUT2D eigenvalue weighted by Crippen LogP contribution is 2.30. The maximum Gasteiger partial charge on any atom is 0.349 e. The van der Waals surface area contributed by atoms with Crippen molar-refractivity contribution in [1.29, 1.82) is 0 Å². The molecule has 1 fully saturated rings. The molecule has 0 aromatic heterocycles. The summed E-state index contributed by atoms with van der Waals surface area (Å²) in [6.07, 6.45) is 0.279. The van der Waals surface area contributed by atoms with Crippen molar-refractivity contribution in [2.24, 2.45) is 0 Å². The Morgan fingerprint density at radius 2 is 2.00 bits per heavy atom. The quantitative estimate of drug-likeness (QED) is 0.665. The topological polar surface area (TPSA) is 95.6 Å². The van der Waals surface area contributed by atoms with E-state index in [4.69, 9.17) is 15.8 Å². The van der Waals surface area contributed by atoms with E-state index in [9.17, 15) is 28.0 Å². The first-order valence-electron chi connectivity index (χ1n) is 11.1. The third-order valence-electron chi connectivity index (χ3n) is 5.28. The van der Waals surface area contributed by atoms with Crippen molar-refractivity contribution in [2.75, 3.05) is 0 Å². The molecule has 0 saturated carbocycles. The molecule has 1 unspecified atom stereocenters. The van der Waals surface area contributed by atoms with Crippen LogP contribution in [0.25, 0.3) is 0 Å². The standard InChI is InChI=1S/C22H18ClF2N3O4/c23-15-4-2-14(3-5-15)22(24,25)21(32)26-10-12-1-6-16-13(9-12)11-28(20(16)31)17-7-8-18(29)27-19(17)30/h1-6,9,17H,7-8,10-11H2,(H,26,32)(H,27,29,30)/i2D,3D/hD. The van der Waals surface area contributed by atoms with Crippen molar-refractivity contribution in [2.45, 2.75) is 37.9 Å². The van der Waals surface area contributed by atoms with Crippen LogP contribution in [0, 0.1) is 0 Å². The summed E-state index contributed by atoms with van der Waals surface area (Å²) in [5.74, 6) is -7.64. The molecule has 4 rings (SSSR count). The third-order valence-corrected chi connectivity index (χ3v) is 5.50. The molecule has 0 radical (unpaired) electrons. The summed E-state index contributed by atoms with van der Waals surface area (Å²) in [6, 6.07) is 3.69. The number of piperidine rings is 1. The molecule has 166 valence electrons. The van der Waals surface area contributed by atoms with Gasteiger partial charge in [0.1, 0.15) is 6.04 Å². The summed E-state index contributed by atoms with van der Waals surface area (Å²) in [7, 11) is 0. The molecule has 2 heterocycles. The summed E-state index contributed by atoms with van der Waals surface area (Å²) in [6.45, 7) is -0.506. The van der Waals surface area contributed by atoms with Crippen molar-refractivity contribution >= 4 is 35.2 Å². The first-order chi connectivity index (χ1) is 16.4. The van der Waals surface area contributed by atoms with Gasteiger partial charge in [-0.2, -0.15) is 8.78 Å². The molecule has 32 heavy (non-hydrogen) atoms. The van der Waals surface area contributed by atoms with Gasteiger partial charge in [0, 0.05) is 35.7 Å². The van der Waals surface area contributed by atoms with Crippen molar-refractivity contribution in [3.63, 3.8) is 0 Å². The minimum Gasteiger partial charge on any atom is -0.346 e. The van der Waals surface area contributed by atoms with Gasteiger partial charge in [0.2, 0.25) is 11.8 Å². The maximum atomic E-state index is 14.8. The lowest BCUT2D eigenvalue weighted by atomic mass is 10.0. The van der Waals surface area contributed by atoms with E-state index in [-0.39, 0.29) is 35.3 Å². The Labute approximate surface area is 191 Å². The van der Waals surface area contributed by atoms with Crippen LogP contribution in [0.1, 0.15) is 42.6 Å². The van der Waals surface area contributed by atoms with Crippen LogP contribution < -0.4 is 10.6 Å². The Kier molecular flexibility index (Phi) is 4.74. The normalized spacial score (nSPS) is 19.7. The average molecular weight is 465 g/mol. The maximum absolute atomic E-state index is 14.8. The van der Waals surface area contributed by atoms with E-state index in [1.54, 1.807) is 0 Å². The summed E-state index contributed by atoms with van der Waals surface area (Å²) in [4.78, 5) is 50.0. The van der Waals surface area contributed by atoms with E-state index in [0.29, 0.717) is 11.1 Å². The number of carbonyl (C=O) groups excluding carboxylic acids is 4. The number of amides is 4. The fraction of sp³-hybridized carbons (Fsp3) is 0.273. The van der Waals surface area contributed by atoms with Gasteiger partial charge in [-0.15, -0.1) is 0 Å².